The SMILES string of the molecule is CCC1CCCCN1C(=O)CCN(c1ccccc1C)S(C)(=O)=O. The summed E-state index contributed by atoms with van der Waals surface area (Å²) in [6.07, 6.45) is 5.63. The normalized spacial score (nSPS) is 18.5. The van der Waals surface area contributed by atoms with Gasteiger partial charge >= 0.3 is 0 Å². The van der Waals surface area contributed by atoms with E-state index in [4.69, 9.17) is 0 Å². The number of nitrogens with zero attached hydrogens (tertiary/aromatic N) is 2. The largest absolute Gasteiger partial charge is 0.340 e. The molecule has 1 atom stereocenters. The lowest BCUT2D eigenvalue weighted by Gasteiger charge is -2.36. The van der Waals surface area contributed by atoms with Crippen molar-refractivity contribution in [3.8, 4) is 0 Å². The van der Waals surface area contributed by atoms with Crippen LogP contribution in [0.25, 0.3) is 0 Å². The molecule has 0 bridgehead atoms. The fourth-order valence-electron chi connectivity index (χ4n) is 3.40. The summed E-state index contributed by atoms with van der Waals surface area (Å²) >= 11 is 0. The van der Waals surface area contributed by atoms with Crippen LogP contribution >= 0.6 is 0 Å². The summed E-state index contributed by atoms with van der Waals surface area (Å²) < 4.78 is 25.7. The standard InChI is InChI=1S/C18H28N2O3S/c1-4-16-10-7-8-13-19(16)18(21)12-14-20(24(3,22)23)17-11-6-5-9-15(17)2/h5-6,9,11,16H,4,7-8,10,12-14H2,1-3H3. The lowest BCUT2D eigenvalue weighted by atomic mass is 9.99. The third kappa shape index (κ3) is 4.50. The van der Waals surface area contributed by atoms with Gasteiger partial charge in [-0.25, -0.2) is 8.42 Å². The number of carbonyl (C=O) groups is 1. The first-order valence-electron chi connectivity index (χ1n) is 8.67. The van der Waals surface area contributed by atoms with Crippen molar-refractivity contribution in [2.24, 2.45) is 0 Å². The molecule has 1 amide bonds. The summed E-state index contributed by atoms with van der Waals surface area (Å²) in [6.45, 7) is 4.97. The number of piperidine rings is 1. The Hall–Kier alpha value is -1.56. The average molecular weight is 353 g/mol. The van der Waals surface area contributed by atoms with Crippen molar-refractivity contribution in [1.82, 2.24) is 4.90 Å². The predicted molar refractivity (Wildman–Crippen MR) is 97.6 cm³/mol. The van der Waals surface area contributed by atoms with Crippen LogP contribution in [0.5, 0.6) is 0 Å². The van der Waals surface area contributed by atoms with Gasteiger partial charge in [-0.1, -0.05) is 25.1 Å². The molecule has 1 aromatic rings. The van der Waals surface area contributed by atoms with Gasteiger partial charge in [0.2, 0.25) is 15.9 Å². The van der Waals surface area contributed by atoms with Gasteiger partial charge in [-0.2, -0.15) is 0 Å². The van der Waals surface area contributed by atoms with Crippen LogP contribution < -0.4 is 4.31 Å². The minimum absolute atomic E-state index is 0.0591. The fraction of sp³-hybridized carbons (Fsp3) is 0.611. The zero-order valence-corrected chi connectivity index (χ0v) is 15.7. The first-order valence-corrected chi connectivity index (χ1v) is 10.5. The van der Waals surface area contributed by atoms with E-state index in [1.807, 2.05) is 30.0 Å². The van der Waals surface area contributed by atoms with Crippen molar-refractivity contribution < 1.29 is 13.2 Å². The molecule has 1 saturated heterocycles. The van der Waals surface area contributed by atoms with Gasteiger partial charge < -0.3 is 4.90 Å². The summed E-state index contributed by atoms with van der Waals surface area (Å²) in [4.78, 5) is 14.6. The number of amides is 1. The van der Waals surface area contributed by atoms with Crippen molar-refractivity contribution in [2.75, 3.05) is 23.7 Å². The zero-order chi connectivity index (χ0) is 17.7. The predicted octanol–water partition coefficient (Wildman–Crippen LogP) is 2.94. The maximum absolute atomic E-state index is 12.6. The molecule has 1 heterocycles. The Labute approximate surface area is 145 Å². The molecule has 134 valence electrons. The molecule has 0 N–H and O–H groups in total. The number of sulfonamides is 1. The number of likely N-dealkylation sites (tertiary alicyclic amines) is 1. The Balaban J connectivity index is 2.11. The first kappa shape index (κ1) is 18.8. The summed E-state index contributed by atoms with van der Waals surface area (Å²) in [5, 5.41) is 0. The molecule has 5 nitrogen and oxygen atoms in total. The van der Waals surface area contributed by atoms with E-state index in [1.165, 1.54) is 17.0 Å². The number of aryl methyl sites for hydroxylation is 1. The van der Waals surface area contributed by atoms with E-state index in [-0.39, 0.29) is 18.9 Å². The molecule has 2 rings (SSSR count). The highest BCUT2D eigenvalue weighted by Gasteiger charge is 2.27. The molecular formula is C18H28N2O3S. The van der Waals surface area contributed by atoms with E-state index >= 15 is 0 Å². The summed E-state index contributed by atoms with van der Waals surface area (Å²) in [7, 11) is -3.42. The van der Waals surface area contributed by atoms with Gasteiger partial charge in [0.15, 0.2) is 0 Å². The molecule has 1 aromatic carbocycles. The van der Waals surface area contributed by atoms with Crippen molar-refractivity contribution in [3.05, 3.63) is 29.8 Å². The van der Waals surface area contributed by atoms with Crippen molar-refractivity contribution in [3.63, 3.8) is 0 Å². The van der Waals surface area contributed by atoms with Crippen LogP contribution in [0.4, 0.5) is 5.69 Å². The lowest BCUT2D eigenvalue weighted by Crippen LogP contribution is -2.45. The zero-order valence-electron chi connectivity index (χ0n) is 14.9. The quantitative estimate of drug-likeness (QED) is 0.791. The van der Waals surface area contributed by atoms with Crippen molar-refractivity contribution >= 4 is 21.6 Å². The number of rotatable bonds is 6. The van der Waals surface area contributed by atoms with Crippen molar-refractivity contribution in [1.29, 1.82) is 0 Å². The lowest BCUT2D eigenvalue weighted by molar-refractivity contribution is -0.134. The molecule has 1 aliphatic heterocycles. The van der Waals surface area contributed by atoms with Crippen LogP contribution in [-0.4, -0.2) is 44.6 Å². The molecule has 1 fully saturated rings. The van der Waals surface area contributed by atoms with Crippen LogP contribution in [0.3, 0.4) is 0 Å². The van der Waals surface area contributed by atoms with Crippen LogP contribution in [0.2, 0.25) is 0 Å². The molecule has 24 heavy (non-hydrogen) atoms. The smallest absolute Gasteiger partial charge is 0.232 e. The maximum atomic E-state index is 12.6. The number of hydrogen-bond donors (Lipinski definition) is 0. The van der Waals surface area contributed by atoms with E-state index in [9.17, 15) is 13.2 Å². The van der Waals surface area contributed by atoms with Crippen LogP contribution in [0.15, 0.2) is 24.3 Å². The van der Waals surface area contributed by atoms with Crippen LogP contribution in [0.1, 0.15) is 44.6 Å². The fourth-order valence-corrected chi connectivity index (χ4v) is 4.39. The third-order valence-electron chi connectivity index (χ3n) is 4.73. The van der Waals surface area contributed by atoms with Gasteiger partial charge in [0.1, 0.15) is 0 Å². The summed E-state index contributed by atoms with van der Waals surface area (Å²) in [6, 6.07) is 7.67. The van der Waals surface area contributed by atoms with Gasteiger partial charge in [-0.05, 0) is 44.2 Å². The number of hydrogen-bond acceptors (Lipinski definition) is 3. The second kappa shape index (κ2) is 8.01. The van der Waals surface area contributed by atoms with Gasteiger partial charge in [-0.3, -0.25) is 9.10 Å². The van der Waals surface area contributed by atoms with E-state index in [0.717, 1.165) is 31.4 Å². The molecule has 0 saturated carbocycles. The second-order valence-corrected chi connectivity index (χ2v) is 8.42. The maximum Gasteiger partial charge on any atom is 0.232 e. The highest BCUT2D eigenvalue weighted by Crippen LogP contribution is 2.24. The molecular weight excluding hydrogens is 324 g/mol. The van der Waals surface area contributed by atoms with Gasteiger partial charge in [0, 0.05) is 25.6 Å². The third-order valence-corrected chi connectivity index (χ3v) is 5.91. The molecule has 0 aliphatic carbocycles. The molecule has 6 heteroatoms. The van der Waals surface area contributed by atoms with E-state index < -0.39 is 10.0 Å². The minimum Gasteiger partial charge on any atom is -0.340 e. The van der Waals surface area contributed by atoms with Crippen molar-refractivity contribution in [2.45, 2.75) is 52.0 Å². The van der Waals surface area contributed by atoms with E-state index in [2.05, 4.69) is 6.92 Å². The Morgan fingerprint density at radius 1 is 1.29 bits per heavy atom. The van der Waals surface area contributed by atoms with Gasteiger partial charge in [-0.15, -0.1) is 0 Å². The minimum atomic E-state index is -3.42. The second-order valence-electron chi connectivity index (χ2n) is 6.52. The Bertz CT molecular complexity index is 673. The highest BCUT2D eigenvalue weighted by atomic mass is 32.2. The molecule has 0 aromatic heterocycles. The number of anilines is 1. The van der Waals surface area contributed by atoms with E-state index in [1.54, 1.807) is 6.07 Å². The molecule has 1 unspecified atom stereocenters. The summed E-state index contributed by atoms with van der Waals surface area (Å²) in [5.41, 5.74) is 1.54. The monoisotopic (exact) mass is 352 g/mol. The molecule has 0 radical (unpaired) electrons. The first-order chi connectivity index (χ1) is 11.3. The Kier molecular flexibility index (Phi) is 6.27. The number of benzene rings is 1. The molecule has 1 aliphatic rings. The Morgan fingerprint density at radius 3 is 2.62 bits per heavy atom. The van der Waals surface area contributed by atoms with Crippen LogP contribution in [0, 0.1) is 6.92 Å². The topological polar surface area (TPSA) is 57.7 Å². The Morgan fingerprint density at radius 2 is 2.00 bits per heavy atom. The van der Waals surface area contributed by atoms with Gasteiger partial charge in [0.25, 0.3) is 0 Å². The molecule has 0 spiro atoms. The number of para-hydroxylation sites is 1. The van der Waals surface area contributed by atoms with Crippen LogP contribution in [-0.2, 0) is 14.8 Å². The summed E-state index contributed by atoms with van der Waals surface area (Å²) in [5.74, 6) is 0.0591. The number of carbonyl (C=O) groups excluding carboxylic acids is 1. The average Bonchev–Trinajstić information content (AvgIpc) is 2.55. The van der Waals surface area contributed by atoms with Gasteiger partial charge in [0.05, 0.1) is 11.9 Å². The van der Waals surface area contributed by atoms with E-state index in [0.29, 0.717) is 11.7 Å². The highest BCUT2D eigenvalue weighted by molar-refractivity contribution is 7.92.